The van der Waals surface area contributed by atoms with E-state index in [9.17, 15) is 0 Å². The lowest BCUT2D eigenvalue weighted by molar-refractivity contribution is 0.727. The van der Waals surface area contributed by atoms with Crippen molar-refractivity contribution in [3.8, 4) is 0 Å². The molecule has 0 fully saturated rings. The summed E-state index contributed by atoms with van der Waals surface area (Å²) in [7, 11) is 0. The Hall–Kier alpha value is -2.28. The van der Waals surface area contributed by atoms with E-state index in [0.717, 1.165) is 0 Å². The summed E-state index contributed by atoms with van der Waals surface area (Å²) in [6.07, 6.45) is 12.9. The van der Waals surface area contributed by atoms with Crippen LogP contribution >= 0.6 is 0 Å². The van der Waals surface area contributed by atoms with Crippen LogP contribution in [0.5, 0.6) is 0 Å². The maximum Gasteiger partial charge on any atom is 0.0699 e. The van der Waals surface area contributed by atoms with E-state index in [4.69, 9.17) is 0 Å². The molecule has 20 heavy (non-hydrogen) atoms. The molecule has 1 aliphatic carbocycles. The molecule has 2 heterocycles. The zero-order chi connectivity index (χ0) is 13.7. The molecule has 2 aliphatic heterocycles. The third-order valence-electron chi connectivity index (χ3n) is 4.55. The van der Waals surface area contributed by atoms with Gasteiger partial charge in [0.15, 0.2) is 0 Å². The molecule has 1 nitrogen and oxygen atoms in total. The monoisotopic (exact) mass is 259 g/mol. The van der Waals surface area contributed by atoms with E-state index in [-0.39, 0.29) is 0 Å². The molecule has 0 saturated carbocycles. The van der Waals surface area contributed by atoms with Crippen molar-refractivity contribution in [2.45, 2.75) is 18.9 Å². The SMILES string of the molecule is C=C/C=C\C1=C(C)C2=CC=CC3c4ccccc4N1C23. The van der Waals surface area contributed by atoms with Gasteiger partial charge in [0.25, 0.3) is 0 Å². The van der Waals surface area contributed by atoms with Crippen LogP contribution in [0, 0.1) is 0 Å². The van der Waals surface area contributed by atoms with Gasteiger partial charge >= 0.3 is 0 Å². The molecule has 98 valence electrons. The molecule has 0 spiro atoms. The van der Waals surface area contributed by atoms with E-state index < -0.39 is 0 Å². The van der Waals surface area contributed by atoms with E-state index in [2.05, 4.69) is 67.0 Å². The summed E-state index contributed by atoms with van der Waals surface area (Å²) < 4.78 is 0. The second-order valence-corrected chi connectivity index (χ2v) is 5.51. The average molecular weight is 259 g/mol. The number of rotatable bonds is 2. The predicted molar refractivity (Wildman–Crippen MR) is 84.7 cm³/mol. The molecule has 1 aromatic carbocycles. The van der Waals surface area contributed by atoms with Crippen molar-refractivity contribution in [2.75, 3.05) is 4.90 Å². The summed E-state index contributed by atoms with van der Waals surface area (Å²) >= 11 is 0. The molecule has 0 aromatic heterocycles. The van der Waals surface area contributed by atoms with Crippen LogP contribution in [0.2, 0.25) is 0 Å². The lowest BCUT2D eigenvalue weighted by Gasteiger charge is -2.26. The van der Waals surface area contributed by atoms with Crippen LogP contribution in [0.25, 0.3) is 0 Å². The average Bonchev–Trinajstić information content (AvgIpc) is 2.97. The number of nitrogens with zero attached hydrogens (tertiary/aromatic N) is 1. The second kappa shape index (κ2) is 4.11. The number of hydrogen-bond donors (Lipinski definition) is 0. The molecule has 0 radical (unpaired) electrons. The van der Waals surface area contributed by atoms with Crippen molar-refractivity contribution in [3.05, 3.63) is 89.7 Å². The fraction of sp³-hybridized carbons (Fsp3) is 0.158. The van der Waals surface area contributed by atoms with Gasteiger partial charge in [0, 0.05) is 17.3 Å². The van der Waals surface area contributed by atoms with Crippen LogP contribution in [0.4, 0.5) is 5.69 Å². The highest BCUT2D eigenvalue weighted by atomic mass is 15.2. The third-order valence-corrected chi connectivity index (χ3v) is 4.55. The molecule has 0 N–H and O–H groups in total. The topological polar surface area (TPSA) is 3.24 Å². The van der Waals surface area contributed by atoms with Crippen LogP contribution in [-0.4, -0.2) is 6.04 Å². The van der Waals surface area contributed by atoms with Crippen LogP contribution in [0.3, 0.4) is 0 Å². The van der Waals surface area contributed by atoms with Crippen LogP contribution in [-0.2, 0) is 0 Å². The molecule has 1 aromatic rings. The van der Waals surface area contributed by atoms with Gasteiger partial charge in [-0.2, -0.15) is 0 Å². The van der Waals surface area contributed by atoms with Crippen molar-refractivity contribution in [2.24, 2.45) is 0 Å². The highest BCUT2D eigenvalue weighted by Gasteiger charge is 2.45. The van der Waals surface area contributed by atoms with Crippen LogP contribution in [0.15, 0.2) is 84.1 Å². The zero-order valence-corrected chi connectivity index (χ0v) is 11.6. The Labute approximate surface area is 119 Å². The first-order chi connectivity index (χ1) is 9.83. The lowest BCUT2D eigenvalue weighted by atomic mass is 9.85. The molecule has 0 amide bonds. The minimum atomic E-state index is 0.446. The quantitative estimate of drug-likeness (QED) is 0.708. The number of anilines is 1. The van der Waals surface area contributed by atoms with Gasteiger partial charge in [-0.3, -0.25) is 0 Å². The van der Waals surface area contributed by atoms with E-state index in [1.165, 1.54) is 28.1 Å². The fourth-order valence-corrected chi connectivity index (χ4v) is 3.71. The Balaban J connectivity index is 1.96. The summed E-state index contributed by atoms with van der Waals surface area (Å²) in [5.74, 6) is 0.482. The number of benzene rings is 1. The maximum absolute atomic E-state index is 3.79. The van der Waals surface area contributed by atoms with Gasteiger partial charge < -0.3 is 4.90 Å². The summed E-state index contributed by atoms with van der Waals surface area (Å²) in [5.41, 5.74) is 6.94. The molecular weight excluding hydrogens is 242 g/mol. The Kier molecular flexibility index (Phi) is 2.37. The van der Waals surface area contributed by atoms with Crippen molar-refractivity contribution < 1.29 is 0 Å². The van der Waals surface area contributed by atoms with Crippen molar-refractivity contribution in [3.63, 3.8) is 0 Å². The smallest absolute Gasteiger partial charge is 0.0699 e. The Morgan fingerprint density at radius 1 is 1.25 bits per heavy atom. The molecule has 4 rings (SSSR count). The maximum atomic E-state index is 3.79. The number of hydrogen-bond acceptors (Lipinski definition) is 1. The first-order valence-corrected chi connectivity index (χ1v) is 7.10. The first kappa shape index (κ1) is 11.5. The first-order valence-electron chi connectivity index (χ1n) is 7.10. The third kappa shape index (κ3) is 1.32. The molecule has 1 heteroatoms. The van der Waals surface area contributed by atoms with E-state index in [1.54, 1.807) is 0 Å². The predicted octanol–water partition coefficient (Wildman–Crippen LogP) is 4.48. The van der Waals surface area contributed by atoms with Gasteiger partial charge in [-0.05, 0) is 35.8 Å². The summed E-state index contributed by atoms with van der Waals surface area (Å²) in [6, 6.07) is 9.21. The summed E-state index contributed by atoms with van der Waals surface area (Å²) in [4.78, 5) is 2.49. The van der Waals surface area contributed by atoms with Crippen molar-refractivity contribution in [1.29, 1.82) is 0 Å². The van der Waals surface area contributed by atoms with Crippen LogP contribution in [0.1, 0.15) is 18.4 Å². The van der Waals surface area contributed by atoms with E-state index in [0.29, 0.717) is 12.0 Å². The summed E-state index contributed by atoms with van der Waals surface area (Å²) in [5, 5.41) is 0. The molecule has 2 unspecified atom stereocenters. The Morgan fingerprint density at radius 2 is 2.10 bits per heavy atom. The molecule has 2 atom stereocenters. The van der Waals surface area contributed by atoms with E-state index in [1.807, 2.05) is 12.2 Å². The molecular formula is C19H17N. The van der Waals surface area contributed by atoms with E-state index >= 15 is 0 Å². The van der Waals surface area contributed by atoms with Gasteiger partial charge in [-0.15, -0.1) is 0 Å². The van der Waals surface area contributed by atoms with Gasteiger partial charge in [-0.1, -0.05) is 55.2 Å². The Bertz CT molecular complexity index is 715. The molecule has 0 bridgehead atoms. The zero-order valence-electron chi connectivity index (χ0n) is 11.6. The number of fused-ring (bicyclic) bond motifs is 3. The van der Waals surface area contributed by atoms with Crippen molar-refractivity contribution in [1.82, 2.24) is 0 Å². The second-order valence-electron chi connectivity index (χ2n) is 5.51. The standard InChI is InChI=1S/C19H17N/c1-3-4-11-17-13(2)14-9-7-10-16-15-8-5-6-12-18(15)20(17)19(14)16/h3-12,16,19H,1H2,2H3/b11-4-. The van der Waals surface area contributed by atoms with Gasteiger partial charge in [0.1, 0.15) is 0 Å². The molecule has 0 saturated heterocycles. The largest absolute Gasteiger partial charge is 0.332 e. The highest BCUT2D eigenvalue weighted by Crippen LogP contribution is 2.53. The minimum Gasteiger partial charge on any atom is -0.332 e. The number of para-hydroxylation sites is 1. The fourth-order valence-electron chi connectivity index (χ4n) is 3.71. The highest BCUT2D eigenvalue weighted by molar-refractivity contribution is 5.77. The van der Waals surface area contributed by atoms with Gasteiger partial charge in [0.05, 0.1) is 6.04 Å². The number of allylic oxidation sites excluding steroid dienone is 5. The normalized spacial score (nSPS) is 26.1. The summed E-state index contributed by atoms with van der Waals surface area (Å²) in [6.45, 7) is 6.02. The van der Waals surface area contributed by atoms with Crippen LogP contribution < -0.4 is 4.90 Å². The Morgan fingerprint density at radius 3 is 2.95 bits per heavy atom. The minimum absolute atomic E-state index is 0.446. The molecule has 3 aliphatic rings. The van der Waals surface area contributed by atoms with Gasteiger partial charge in [-0.25, -0.2) is 0 Å². The van der Waals surface area contributed by atoms with Crippen molar-refractivity contribution >= 4 is 5.69 Å². The van der Waals surface area contributed by atoms with Gasteiger partial charge in [0.2, 0.25) is 0 Å². The lowest BCUT2D eigenvalue weighted by Crippen LogP contribution is -2.29.